The van der Waals surface area contributed by atoms with Gasteiger partial charge >= 0.3 is 0 Å². The Balaban J connectivity index is 0. The van der Waals surface area contributed by atoms with E-state index in [0.717, 1.165) is 6.42 Å². The molecule has 0 aliphatic carbocycles. The molecule has 0 aromatic heterocycles. The van der Waals surface area contributed by atoms with Crippen molar-refractivity contribution in [2.75, 3.05) is 13.7 Å². The van der Waals surface area contributed by atoms with Gasteiger partial charge in [0, 0.05) is 6.61 Å². The topological polar surface area (TPSA) is 46.2 Å². The summed E-state index contributed by atoms with van der Waals surface area (Å²) in [7, 11) is 1.50. The van der Waals surface area contributed by atoms with E-state index in [1.54, 1.807) is 0 Å². The molecule has 2 heteroatoms. The van der Waals surface area contributed by atoms with Crippen molar-refractivity contribution in [3.63, 3.8) is 0 Å². The lowest BCUT2D eigenvalue weighted by molar-refractivity contribution is 0.260. The predicted molar refractivity (Wildman–Crippen MR) is 41.3 cm³/mol. The third-order valence-corrected chi connectivity index (χ3v) is 1.32. The molecule has 0 bridgehead atoms. The van der Waals surface area contributed by atoms with Gasteiger partial charge in [-0.2, -0.15) is 0 Å². The Labute approximate surface area is 58.1 Å². The van der Waals surface area contributed by atoms with E-state index in [9.17, 15) is 0 Å². The minimum absolute atomic E-state index is 0.342. The molecule has 0 aromatic carbocycles. The average molecular weight is 133 g/mol. The van der Waals surface area contributed by atoms with E-state index in [0.29, 0.717) is 12.5 Å². The largest absolute Gasteiger partial charge is 0.396 e. The first-order valence-electron chi connectivity index (χ1n) is 3.49. The first kappa shape index (κ1) is 11.7. The van der Waals surface area contributed by atoms with Crippen LogP contribution in [0, 0.1) is 5.92 Å². The smallest absolute Gasteiger partial charge is 0.0433 e. The molecule has 0 rings (SSSR count). The standard InChI is InChI=1S/C6H14O.CH5N/c1-3-6(2)4-5-7;1-2/h6-7H,3-5H2,1-2H3;2H2,1H3. The number of aliphatic hydroxyl groups is 1. The van der Waals surface area contributed by atoms with E-state index in [2.05, 4.69) is 19.6 Å². The Morgan fingerprint density at radius 3 is 2.00 bits per heavy atom. The molecule has 9 heavy (non-hydrogen) atoms. The highest BCUT2D eigenvalue weighted by molar-refractivity contribution is 4.45. The molecule has 0 saturated carbocycles. The summed E-state index contributed by atoms with van der Waals surface area (Å²) in [4.78, 5) is 0. The van der Waals surface area contributed by atoms with Crippen molar-refractivity contribution in [1.82, 2.24) is 0 Å². The van der Waals surface area contributed by atoms with Gasteiger partial charge in [-0.15, -0.1) is 0 Å². The van der Waals surface area contributed by atoms with Crippen molar-refractivity contribution in [2.24, 2.45) is 11.7 Å². The normalized spacial score (nSPS) is 11.7. The second-order valence-corrected chi connectivity index (χ2v) is 2.03. The second-order valence-electron chi connectivity index (χ2n) is 2.03. The van der Waals surface area contributed by atoms with Gasteiger partial charge in [0.15, 0.2) is 0 Å². The molecule has 0 fully saturated rings. The SMILES string of the molecule is CCC(C)CCO.CN. The Morgan fingerprint density at radius 1 is 1.44 bits per heavy atom. The molecular weight excluding hydrogens is 114 g/mol. The van der Waals surface area contributed by atoms with Crippen LogP contribution in [0.5, 0.6) is 0 Å². The maximum absolute atomic E-state index is 8.37. The highest BCUT2D eigenvalue weighted by Gasteiger charge is 1.93. The predicted octanol–water partition coefficient (Wildman–Crippen LogP) is 0.990. The van der Waals surface area contributed by atoms with Crippen molar-refractivity contribution in [3.8, 4) is 0 Å². The Hall–Kier alpha value is -0.0800. The lowest BCUT2D eigenvalue weighted by Crippen LogP contribution is -1.94. The van der Waals surface area contributed by atoms with Crippen LogP contribution in [-0.2, 0) is 0 Å². The molecule has 2 nitrogen and oxygen atoms in total. The van der Waals surface area contributed by atoms with Gasteiger partial charge in [0.2, 0.25) is 0 Å². The molecule has 0 radical (unpaired) electrons. The Morgan fingerprint density at radius 2 is 1.89 bits per heavy atom. The lowest BCUT2D eigenvalue weighted by atomic mass is 10.1. The van der Waals surface area contributed by atoms with Crippen molar-refractivity contribution < 1.29 is 5.11 Å². The van der Waals surface area contributed by atoms with Crippen molar-refractivity contribution in [2.45, 2.75) is 26.7 Å². The summed E-state index contributed by atoms with van der Waals surface area (Å²) in [6.07, 6.45) is 2.14. The third-order valence-electron chi connectivity index (χ3n) is 1.32. The zero-order valence-corrected chi connectivity index (χ0v) is 6.72. The molecule has 1 unspecified atom stereocenters. The molecule has 0 aromatic rings. The van der Waals surface area contributed by atoms with E-state index >= 15 is 0 Å². The maximum atomic E-state index is 8.37. The summed E-state index contributed by atoms with van der Waals surface area (Å²) in [5.41, 5.74) is 4.50. The molecule has 0 spiro atoms. The van der Waals surface area contributed by atoms with Gasteiger partial charge in [-0.3, -0.25) is 0 Å². The van der Waals surface area contributed by atoms with E-state index < -0.39 is 0 Å². The second kappa shape index (κ2) is 10.8. The van der Waals surface area contributed by atoms with Crippen molar-refractivity contribution in [3.05, 3.63) is 0 Å². The third kappa shape index (κ3) is 11.5. The van der Waals surface area contributed by atoms with Crippen LogP contribution in [0.3, 0.4) is 0 Å². The molecular formula is C7H19NO. The zero-order chi connectivity index (χ0) is 7.70. The molecule has 0 aliphatic heterocycles. The van der Waals surface area contributed by atoms with Crippen LogP contribution in [-0.4, -0.2) is 18.8 Å². The van der Waals surface area contributed by atoms with Gasteiger partial charge < -0.3 is 10.8 Å². The van der Waals surface area contributed by atoms with Crippen LogP contribution >= 0.6 is 0 Å². The summed E-state index contributed by atoms with van der Waals surface area (Å²) in [6, 6.07) is 0. The number of rotatable bonds is 3. The summed E-state index contributed by atoms with van der Waals surface area (Å²) >= 11 is 0. The minimum Gasteiger partial charge on any atom is -0.396 e. The quantitative estimate of drug-likeness (QED) is 0.603. The molecule has 58 valence electrons. The zero-order valence-electron chi connectivity index (χ0n) is 6.72. The van der Waals surface area contributed by atoms with Crippen molar-refractivity contribution in [1.29, 1.82) is 0 Å². The highest BCUT2D eigenvalue weighted by atomic mass is 16.2. The van der Waals surface area contributed by atoms with E-state index in [4.69, 9.17) is 5.11 Å². The van der Waals surface area contributed by atoms with Gasteiger partial charge in [-0.1, -0.05) is 20.3 Å². The van der Waals surface area contributed by atoms with E-state index in [1.165, 1.54) is 13.5 Å². The Bertz CT molecular complexity index is 39.9. The number of hydrogen-bond donors (Lipinski definition) is 2. The fourth-order valence-corrected chi connectivity index (χ4v) is 0.425. The Kier molecular flexibility index (Phi) is 14.0. The first-order chi connectivity index (χ1) is 4.31. The molecule has 0 saturated heterocycles. The summed E-state index contributed by atoms with van der Waals surface area (Å²) in [6.45, 7) is 4.63. The molecule has 0 amide bonds. The van der Waals surface area contributed by atoms with Crippen LogP contribution in [0.25, 0.3) is 0 Å². The fraction of sp³-hybridized carbons (Fsp3) is 1.00. The van der Waals surface area contributed by atoms with Crippen LogP contribution in [0.4, 0.5) is 0 Å². The average Bonchev–Trinajstić information content (AvgIpc) is 1.93. The van der Waals surface area contributed by atoms with Gasteiger partial charge in [0.05, 0.1) is 0 Å². The first-order valence-corrected chi connectivity index (χ1v) is 3.49. The van der Waals surface area contributed by atoms with E-state index in [-0.39, 0.29) is 0 Å². The van der Waals surface area contributed by atoms with Crippen LogP contribution in [0.2, 0.25) is 0 Å². The molecule has 0 aliphatic rings. The molecule has 3 N–H and O–H groups in total. The van der Waals surface area contributed by atoms with Gasteiger partial charge in [0.25, 0.3) is 0 Å². The maximum Gasteiger partial charge on any atom is 0.0433 e. The van der Waals surface area contributed by atoms with Crippen molar-refractivity contribution >= 4 is 0 Å². The molecule has 1 atom stereocenters. The number of aliphatic hydroxyl groups excluding tert-OH is 1. The van der Waals surface area contributed by atoms with Gasteiger partial charge in [-0.25, -0.2) is 0 Å². The number of nitrogens with two attached hydrogens (primary N) is 1. The summed E-state index contributed by atoms with van der Waals surface area (Å²) in [5.74, 6) is 0.699. The minimum atomic E-state index is 0.342. The van der Waals surface area contributed by atoms with Crippen LogP contribution in [0.1, 0.15) is 26.7 Å². The number of hydrogen-bond acceptors (Lipinski definition) is 2. The van der Waals surface area contributed by atoms with E-state index in [1.807, 2.05) is 0 Å². The molecule has 0 heterocycles. The van der Waals surface area contributed by atoms with Crippen LogP contribution in [0.15, 0.2) is 0 Å². The summed E-state index contributed by atoms with van der Waals surface area (Å²) in [5, 5.41) is 8.37. The lowest BCUT2D eigenvalue weighted by Gasteiger charge is -2.01. The summed E-state index contributed by atoms with van der Waals surface area (Å²) < 4.78 is 0. The fourth-order valence-electron chi connectivity index (χ4n) is 0.425. The van der Waals surface area contributed by atoms with Crippen LogP contribution < -0.4 is 5.73 Å². The highest BCUT2D eigenvalue weighted by Crippen LogP contribution is 2.03. The monoisotopic (exact) mass is 133 g/mol. The van der Waals surface area contributed by atoms with Gasteiger partial charge in [-0.05, 0) is 19.4 Å². The van der Waals surface area contributed by atoms with Gasteiger partial charge in [0.1, 0.15) is 0 Å².